The van der Waals surface area contributed by atoms with Gasteiger partial charge in [-0.1, -0.05) is 0 Å². The first-order valence-corrected chi connectivity index (χ1v) is 5.84. The lowest BCUT2D eigenvalue weighted by atomic mass is 10.2. The van der Waals surface area contributed by atoms with Crippen LogP contribution in [0.5, 0.6) is 11.5 Å². The van der Waals surface area contributed by atoms with Gasteiger partial charge in [0.05, 0.1) is 12.3 Å². The van der Waals surface area contributed by atoms with E-state index in [2.05, 4.69) is 4.99 Å². The van der Waals surface area contributed by atoms with Gasteiger partial charge in [-0.2, -0.15) is 0 Å². The number of aliphatic imine (C=N–C) groups is 1. The minimum absolute atomic E-state index is 0.245. The van der Waals surface area contributed by atoms with Gasteiger partial charge in [0.25, 0.3) is 0 Å². The number of hydrogen-bond acceptors (Lipinski definition) is 3. The lowest BCUT2D eigenvalue weighted by Gasteiger charge is -2.02. The maximum absolute atomic E-state index is 9.16. The lowest BCUT2D eigenvalue weighted by Crippen LogP contribution is -1.91. The molecule has 0 aromatic heterocycles. The molecule has 1 N–H and O–H groups in total. The number of phenols is 1. The van der Waals surface area contributed by atoms with Crippen LogP contribution in [0.1, 0.15) is 12.5 Å². The molecule has 0 atom stereocenters. The summed E-state index contributed by atoms with van der Waals surface area (Å²) in [6, 6.07) is 14.5. The zero-order valence-corrected chi connectivity index (χ0v) is 10.2. The third-order valence-corrected chi connectivity index (χ3v) is 2.40. The van der Waals surface area contributed by atoms with Crippen LogP contribution in [-0.2, 0) is 0 Å². The number of hydrogen-bond donors (Lipinski definition) is 1. The van der Waals surface area contributed by atoms with Crippen molar-refractivity contribution in [1.82, 2.24) is 0 Å². The van der Waals surface area contributed by atoms with E-state index in [9.17, 15) is 0 Å². The molecule has 2 rings (SSSR count). The van der Waals surface area contributed by atoms with Crippen molar-refractivity contribution in [3.8, 4) is 11.5 Å². The van der Waals surface area contributed by atoms with Crippen LogP contribution in [0.2, 0.25) is 0 Å². The molecule has 2 aromatic rings. The Bertz CT molecular complexity index is 515. The Morgan fingerprint density at radius 2 is 1.72 bits per heavy atom. The molecule has 0 amide bonds. The molecule has 0 saturated heterocycles. The van der Waals surface area contributed by atoms with E-state index >= 15 is 0 Å². The Balaban J connectivity index is 2.06. The van der Waals surface area contributed by atoms with Crippen molar-refractivity contribution in [2.75, 3.05) is 6.61 Å². The highest BCUT2D eigenvalue weighted by Crippen LogP contribution is 2.17. The summed E-state index contributed by atoms with van der Waals surface area (Å²) in [4.78, 5) is 4.32. The van der Waals surface area contributed by atoms with Crippen molar-refractivity contribution in [3.05, 3.63) is 54.1 Å². The van der Waals surface area contributed by atoms with Crippen LogP contribution in [-0.4, -0.2) is 17.9 Å². The SMILES string of the molecule is CCOc1ccc(C=Nc2ccc(O)cc2)cc1. The molecule has 0 saturated carbocycles. The highest BCUT2D eigenvalue weighted by Gasteiger charge is 1.93. The predicted octanol–water partition coefficient (Wildman–Crippen LogP) is 3.54. The average Bonchev–Trinajstić information content (AvgIpc) is 2.40. The predicted molar refractivity (Wildman–Crippen MR) is 73.0 cm³/mol. The summed E-state index contributed by atoms with van der Waals surface area (Å²) in [5, 5.41) is 9.16. The quantitative estimate of drug-likeness (QED) is 0.832. The highest BCUT2D eigenvalue weighted by molar-refractivity contribution is 5.82. The van der Waals surface area contributed by atoms with E-state index in [1.54, 1.807) is 30.5 Å². The normalized spacial score (nSPS) is 10.7. The van der Waals surface area contributed by atoms with Crippen molar-refractivity contribution >= 4 is 11.9 Å². The Labute approximate surface area is 106 Å². The number of nitrogens with zero attached hydrogens (tertiary/aromatic N) is 1. The first-order chi connectivity index (χ1) is 8.78. The van der Waals surface area contributed by atoms with Crippen molar-refractivity contribution in [2.24, 2.45) is 4.99 Å². The molecule has 92 valence electrons. The first-order valence-electron chi connectivity index (χ1n) is 5.84. The van der Waals surface area contributed by atoms with Gasteiger partial charge in [-0.25, -0.2) is 0 Å². The van der Waals surface area contributed by atoms with Gasteiger partial charge >= 0.3 is 0 Å². The molecule has 0 aliphatic carbocycles. The number of aromatic hydroxyl groups is 1. The van der Waals surface area contributed by atoms with Crippen LogP contribution in [0.3, 0.4) is 0 Å². The van der Waals surface area contributed by atoms with Gasteiger partial charge in [0.1, 0.15) is 11.5 Å². The molecule has 0 spiro atoms. The lowest BCUT2D eigenvalue weighted by molar-refractivity contribution is 0.340. The molecule has 0 unspecified atom stereocenters. The summed E-state index contributed by atoms with van der Waals surface area (Å²) in [5.74, 6) is 1.11. The second kappa shape index (κ2) is 5.87. The molecule has 3 heteroatoms. The molecular formula is C15H15NO2. The van der Waals surface area contributed by atoms with E-state index in [4.69, 9.17) is 9.84 Å². The van der Waals surface area contributed by atoms with Crippen LogP contribution >= 0.6 is 0 Å². The zero-order chi connectivity index (χ0) is 12.8. The monoisotopic (exact) mass is 241 g/mol. The fourth-order valence-corrected chi connectivity index (χ4v) is 1.50. The second-order valence-electron chi connectivity index (χ2n) is 3.78. The van der Waals surface area contributed by atoms with Gasteiger partial charge in [-0.05, 0) is 61.0 Å². The summed E-state index contributed by atoms with van der Waals surface area (Å²) >= 11 is 0. The van der Waals surface area contributed by atoms with Crippen LogP contribution in [0, 0.1) is 0 Å². The van der Waals surface area contributed by atoms with Gasteiger partial charge in [0, 0.05) is 6.21 Å². The van der Waals surface area contributed by atoms with Gasteiger partial charge in [0.15, 0.2) is 0 Å². The van der Waals surface area contributed by atoms with E-state index < -0.39 is 0 Å². The molecular weight excluding hydrogens is 226 g/mol. The van der Waals surface area contributed by atoms with Gasteiger partial charge in [-0.3, -0.25) is 4.99 Å². The molecule has 0 radical (unpaired) electrons. The zero-order valence-electron chi connectivity index (χ0n) is 10.2. The van der Waals surface area contributed by atoms with Gasteiger partial charge in [0.2, 0.25) is 0 Å². The highest BCUT2D eigenvalue weighted by atomic mass is 16.5. The number of benzene rings is 2. The third kappa shape index (κ3) is 3.35. The number of rotatable bonds is 4. The molecule has 0 aliphatic heterocycles. The average molecular weight is 241 g/mol. The van der Waals surface area contributed by atoms with Gasteiger partial charge in [-0.15, -0.1) is 0 Å². The fraction of sp³-hybridized carbons (Fsp3) is 0.133. The van der Waals surface area contributed by atoms with E-state index in [1.165, 1.54) is 0 Å². The fourth-order valence-electron chi connectivity index (χ4n) is 1.50. The van der Waals surface area contributed by atoms with Gasteiger partial charge < -0.3 is 9.84 Å². The number of ether oxygens (including phenoxy) is 1. The Kier molecular flexibility index (Phi) is 3.97. The topological polar surface area (TPSA) is 41.8 Å². The minimum Gasteiger partial charge on any atom is -0.508 e. The number of phenolic OH excluding ortho intramolecular Hbond substituents is 1. The van der Waals surface area contributed by atoms with Crippen molar-refractivity contribution in [2.45, 2.75) is 6.92 Å². The summed E-state index contributed by atoms with van der Waals surface area (Å²) in [7, 11) is 0. The summed E-state index contributed by atoms with van der Waals surface area (Å²) in [5.41, 5.74) is 1.81. The Morgan fingerprint density at radius 1 is 1.06 bits per heavy atom. The van der Waals surface area contributed by atoms with E-state index in [-0.39, 0.29) is 5.75 Å². The van der Waals surface area contributed by atoms with E-state index in [1.807, 2.05) is 31.2 Å². The molecule has 0 aliphatic rings. The van der Waals surface area contributed by atoms with Crippen LogP contribution in [0.15, 0.2) is 53.5 Å². The van der Waals surface area contributed by atoms with E-state index in [0.717, 1.165) is 17.0 Å². The van der Waals surface area contributed by atoms with Crippen molar-refractivity contribution < 1.29 is 9.84 Å². The van der Waals surface area contributed by atoms with Crippen LogP contribution in [0.25, 0.3) is 0 Å². The second-order valence-corrected chi connectivity index (χ2v) is 3.78. The molecule has 2 aromatic carbocycles. The van der Waals surface area contributed by atoms with Crippen LogP contribution < -0.4 is 4.74 Å². The Hall–Kier alpha value is -2.29. The summed E-state index contributed by atoms with van der Waals surface area (Å²) < 4.78 is 5.36. The van der Waals surface area contributed by atoms with Crippen LogP contribution in [0.4, 0.5) is 5.69 Å². The maximum atomic E-state index is 9.16. The molecule has 3 nitrogen and oxygen atoms in total. The maximum Gasteiger partial charge on any atom is 0.119 e. The standard InChI is InChI=1S/C15H15NO2/c1-2-18-15-9-3-12(4-10-15)11-16-13-5-7-14(17)8-6-13/h3-11,17H,2H2,1H3. The van der Waals surface area contributed by atoms with E-state index in [0.29, 0.717) is 6.61 Å². The molecule has 18 heavy (non-hydrogen) atoms. The van der Waals surface area contributed by atoms with Crippen molar-refractivity contribution in [3.63, 3.8) is 0 Å². The third-order valence-electron chi connectivity index (χ3n) is 2.40. The smallest absolute Gasteiger partial charge is 0.119 e. The first kappa shape index (κ1) is 12.2. The molecule has 0 heterocycles. The minimum atomic E-state index is 0.245. The van der Waals surface area contributed by atoms with Crippen molar-refractivity contribution in [1.29, 1.82) is 0 Å². The molecule has 0 bridgehead atoms. The summed E-state index contributed by atoms with van der Waals surface area (Å²) in [6.45, 7) is 2.63. The Morgan fingerprint density at radius 3 is 2.33 bits per heavy atom. The molecule has 0 fully saturated rings. The largest absolute Gasteiger partial charge is 0.508 e. The summed E-state index contributed by atoms with van der Waals surface area (Å²) in [6.07, 6.45) is 1.78.